The highest BCUT2D eigenvalue weighted by atomic mass is 16.5. The monoisotopic (exact) mass is 235 g/mol. The van der Waals surface area contributed by atoms with Crippen molar-refractivity contribution in [3.8, 4) is 0 Å². The van der Waals surface area contributed by atoms with Gasteiger partial charge in [-0.2, -0.15) is 0 Å². The molecular formula is C13H17NO3. The summed E-state index contributed by atoms with van der Waals surface area (Å²) in [5, 5.41) is 12.4. The maximum Gasteiger partial charge on any atom is 0.332 e. The zero-order valence-corrected chi connectivity index (χ0v) is 10.0. The van der Waals surface area contributed by atoms with Crippen molar-refractivity contribution in [3.05, 3.63) is 47.7 Å². The van der Waals surface area contributed by atoms with Gasteiger partial charge >= 0.3 is 5.97 Å². The summed E-state index contributed by atoms with van der Waals surface area (Å²) in [7, 11) is 1.33. The molecule has 0 aliphatic heterocycles. The molecule has 0 aliphatic rings. The molecule has 0 bridgehead atoms. The van der Waals surface area contributed by atoms with E-state index in [4.69, 9.17) is 0 Å². The van der Waals surface area contributed by atoms with Gasteiger partial charge in [-0.05, 0) is 12.5 Å². The van der Waals surface area contributed by atoms with Crippen LogP contribution in [0.1, 0.15) is 18.5 Å². The van der Waals surface area contributed by atoms with Gasteiger partial charge in [0.2, 0.25) is 0 Å². The van der Waals surface area contributed by atoms with E-state index in [2.05, 4.69) is 10.1 Å². The van der Waals surface area contributed by atoms with E-state index in [1.54, 1.807) is 6.92 Å². The van der Waals surface area contributed by atoms with Crippen molar-refractivity contribution in [2.45, 2.75) is 13.0 Å². The second-order valence-corrected chi connectivity index (χ2v) is 3.64. The van der Waals surface area contributed by atoms with Crippen molar-refractivity contribution in [2.75, 3.05) is 13.7 Å². The second-order valence-electron chi connectivity index (χ2n) is 3.64. The molecule has 0 spiro atoms. The fraction of sp³-hybridized carbons (Fsp3) is 0.308. The number of rotatable bonds is 5. The number of aliphatic hydroxyl groups excluding tert-OH is 1. The lowest BCUT2D eigenvalue weighted by atomic mass is 10.1. The molecule has 0 aliphatic carbocycles. The van der Waals surface area contributed by atoms with Gasteiger partial charge in [0.05, 0.1) is 19.8 Å². The van der Waals surface area contributed by atoms with Crippen LogP contribution in [0.5, 0.6) is 0 Å². The Labute approximate surface area is 101 Å². The number of benzene rings is 1. The molecule has 1 atom stereocenters. The largest absolute Gasteiger partial charge is 0.466 e. The minimum Gasteiger partial charge on any atom is -0.466 e. The summed E-state index contributed by atoms with van der Waals surface area (Å²) in [5.41, 5.74) is 1.62. The molecule has 1 aromatic carbocycles. The Balaban J connectivity index is 2.71. The number of hydrogen-bond donors (Lipinski definition) is 2. The summed E-state index contributed by atoms with van der Waals surface area (Å²) >= 11 is 0. The van der Waals surface area contributed by atoms with Crippen molar-refractivity contribution in [3.63, 3.8) is 0 Å². The molecule has 0 amide bonds. The molecular weight excluding hydrogens is 218 g/mol. The molecule has 1 rings (SSSR count). The molecule has 0 saturated heterocycles. The summed E-state index contributed by atoms with van der Waals surface area (Å²) in [6.45, 7) is 1.71. The average Bonchev–Trinajstić information content (AvgIpc) is 2.36. The van der Waals surface area contributed by atoms with Crippen LogP contribution in [0.4, 0.5) is 0 Å². The van der Waals surface area contributed by atoms with E-state index >= 15 is 0 Å². The van der Waals surface area contributed by atoms with Crippen LogP contribution in [-0.2, 0) is 9.53 Å². The Kier molecular flexibility index (Phi) is 5.23. The fourth-order valence-corrected chi connectivity index (χ4v) is 1.47. The van der Waals surface area contributed by atoms with E-state index in [0.717, 1.165) is 5.56 Å². The number of aliphatic hydroxyl groups is 1. The Morgan fingerprint density at radius 1 is 1.47 bits per heavy atom. The highest BCUT2D eigenvalue weighted by Gasteiger charge is 2.09. The summed E-state index contributed by atoms with van der Waals surface area (Å²) in [6, 6.07) is 9.32. The third kappa shape index (κ3) is 4.28. The van der Waals surface area contributed by atoms with E-state index in [1.807, 2.05) is 30.3 Å². The third-order valence-electron chi connectivity index (χ3n) is 2.32. The summed E-state index contributed by atoms with van der Waals surface area (Å²) in [4.78, 5) is 11.0. The van der Waals surface area contributed by atoms with Crippen molar-refractivity contribution in [1.29, 1.82) is 0 Å². The zero-order valence-electron chi connectivity index (χ0n) is 10.0. The molecule has 0 aromatic heterocycles. The first kappa shape index (κ1) is 13.3. The van der Waals surface area contributed by atoms with Crippen molar-refractivity contribution >= 4 is 5.97 Å². The van der Waals surface area contributed by atoms with Crippen LogP contribution in [0.2, 0.25) is 0 Å². The minimum absolute atomic E-state index is 0.0453. The van der Waals surface area contributed by atoms with E-state index < -0.39 is 5.97 Å². The molecule has 17 heavy (non-hydrogen) atoms. The maximum absolute atomic E-state index is 11.0. The van der Waals surface area contributed by atoms with Crippen molar-refractivity contribution in [2.24, 2.45) is 0 Å². The molecule has 0 fully saturated rings. The molecule has 1 aromatic rings. The quantitative estimate of drug-likeness (QED) is 0.598. The topological polar surface area (TPSA) is 58.6 Å². The zero-order chi connectivity index (χ0) is 12.7. The van der Waals surface area contributed by atoms with Crippen LogP contribution >= 0.6 is 0 Å². The van der Waals surface area contributed by atoms with Crippen molar-refractivity contribution < 1.29 is 14.6 Å². The molecule has 4 nitrogen and oxygen atoms in total. The molecule has 0 radical (unpaired) electrons. The normalized spacial score (nSPS) is 13.0. The fourth-order valence-electron chi connectivity index (χ4n) is 1.47. The number of carbonyl (C=O) groups excluding carboxylic acids is 1. The van der Waals surface area contributed by atoms with Crippen LogP contribution in [0.25, 0.3) is 0 Å². The molecule has 0 heterocycles. The first-order valence-corrected chi connectivity index (χ1v) is 5.36. The lowest BCUT2D eigenvalue weighted by molar-refractivity contribution is -0.134. The summed E-state index contributed by atoms with van der Waals surface area (Å²) in [6.07, 6.45) is 1.35. The number of nitrogens with one attached hydrogen (secondary N) is 1. The van der Waals surface area contributed by atoms with E-state index in [1.165, 1.54) is 13.2 Å². The molecule has 0 saturated carbocycles. The van der Waals surface area contributed by atoms with Gasteiger partial charge in [0.15, 0.2) is 0 Å². The lowest BCUT2D eigenvalue weighted by Crippen LogP contribution is -2.23. The number of allylic oxidation sites excluding steroid dienone is 1. The predicted molar refractivity (Wildman–Crippen MR) is 65.2 cm³/mol. The van der Waals surface area contributed by atoms with Gasteiger partial charge in [0.1, 0.15) is 0 Å². The Morgan fingerprint density at radius 3 is 2.65 bits per heavy atom. The predicted octanol–water partition coefficient (Wildman–Crippen LogP) is 1.39. The van der Waals surface area contributed by atoms with E-state index in [-0.39, 0.29) is 12.6 Å². The average molecular weight is 235 g/mol. The molecule has 2 N–H and O–H groups in total. The summed E-state index contributed by atoms with van der Waals surface area (Å²) < 4.78 is 4.52. The van der Waals surface area contributed by atoms with Crippen LogP contribution in [0, 0.1) is 0 Å². The molecule has 4 heteroatoms. The number of ether oxygens (including phenoxy) is 1. The van der Waals surface area contributed by atoms with Crippen LogP contribution in [0.3, 0.4) is 0 Å². The molecule has 92 valence electrons. The number of methoxy groups -OCH3 is 1. The highest BCUT2D eigenvalue weighted by Crippen LogP contribution is 2.13. The van der Waals surface area contributed by atoms with E-state index in [9.17, 15) is 9.90 Å². The van der Waals surface area contributed by atoms with E-state index in [0.29, 0.717) is 5.70 Å². The van der Waals surface area contributed by atoms with Gasteiger partial charge in [-0.3, -0.25) is 0 Å². The molecule has 0 unspecified atom stereocenters. The third-order valence-corrected chi connectivity index (χ3v) is 2.32. The maximum atomic E-state index is 11.0. The first-order chi connectivity index (χ1) is 8.17. The van der Waals surface area contributed by atoms with Gasteiger partial charge in [-0.15, -0.1) is 0 Å². The highest BCUT2D eigenvalue weighted by molar-refractivity contribution is 5.82. The smallest absolute Gasteiger partial charge is 0.332 e. The van der Waals surface area contributed by atoms with Crippen LogP contribution in [0.15, 0.2) is 42.1 Å². The van der Waals surface area contributed by atoms with Gasteiger partial charge < -0.3 is 15.2 Å². The van der Waals surface area contributed by atoms with Gasteiger partial charge in [-0.1, -0.05) is 30.3 Å². The Bertz CT molecular complexity index is 387. The minimum atomic E-state index is -0.417. The first-order valence-electron chi connectivity index (χ1n) is 5.36. The number of hydrogen-bond acceptors (Lipinski definition) is 4. The SMILES string of the molecule is COC(=O)/C=C(\C)N[C@H](CO)c1ccccc1. The number of carbonyl (C=O) groups is 1. The summed E-state index contributed by atoms with van der Waals surface area (Å²) in [5.74, 6) is -0.417. The lowest BCUT2D eigenvalue weighted by Gasteiger charge is -2.18. The van der Waals surface area contributed by atoms with Gasteiger partial charge in [0.25, 0.3) is 0 Å². The van der Waals surface area contributed by atoms with Crippen molar-refractivity contribution in [1.82, 2.24) is 5.32 Å². The number of esters is 1. The Morgan fingerprint density at radius 2 is 2.12 bits per heavy atom. The Hall–Kier alpha value is -1.81. The van der Waals surface area contributed by atoms with Crippen LogP contribution < -0.4 is 5.32 Å². The standard InChI is InChI=1S/C13H17NO3/c1-10(8-13(16)17-2)14-12(9-15)11-6-4-3-5-7-11/h3-8,12,14-15H,9H2,1-2H3/b10-8+/t12-/m1/s1. The second kappa shape index (κ2) is 6.70. The van der Waals surface area contributed by atoms with Gasteiger partial charge in [0, 0.05) is 11.8 Å². The van der Waals surface area contributed by atoms with Crippen LogP contribution in [-0.4, -0.2) is 24.8 Å². The van der Waals surface area contributed by atoms with Gasteiger partial charge in [-0.25, -0.2) is 4.79 Å².